The van der Waals surface area contributed by atoms with Crippen LogP contribution in [-0.2, 0) is 21.7 Å². The van der Waals surface area contributed by atoms with E-state index in [1.807, 2.05) is 30.3 Å². The topological polar surface area (TPSA) is 57.6 Å². The summed E-state index contributed by atoms with van der Waals surface area (Å²) in [6.45, 7) is 0.263. The second-order valence-corrected chi connectivity index (χ2v) is 7.79. The third-order valence-corrected chi connectivity index (χ3v) is 6.14. The van der Waals surface area contributed by atoms with E-state index in [9.17, 15) is 14.7 Å². The van der Waals surface area contributed by atoms with E-state index < -0.39 is 17.4 Å². The van der Waals surface area contributed by atoms with Gasteiger partial charge in [-0.1, -0.05) is 60.8 Å². The van der Waals surface area contributed by atoms with Crippen molar-refractivity contribution in [3.63, 3.8) is 0 Å². The summed E-state index contributed by atoms with van der Waals surface area (Å²) in [5.74, 6) is -1.13. The number of anilines is 1. The van der Waals surface area contributed by atoms with Crippen LogP contribution in [0.25, 0.3) is 0 Å². The molecular weight excluding hydrogens is 362 g/mol. The number of halogens is 1. The molecule has 0 spiro atoms. The summed E-state index contributed by atoms with van der Waals surface area (Å²) in [4.78, 5) is 27.7. The highest BCUT2D eigenvalue weighted by Crippen LogP contribution is 2.48. The fourth-order valence-electron chi connectivity index (χ4n) is 4.35. The molecular formula is C22H22ClNO3. The maximum Gasteiger partial charge on any atom is 0.264 e. The van der Waals surface area contributed by atoms with E-state index in [-0.39, 0.29) is 12.3 Å². The average Bonchev–Trinajstić information content (AvgIpc) is 2.82. The third kappa shape index (κ3) is 2.97. The molecule has 4 nitrogen and oxygen atoms in total. The Bertz CT molecular complexity index is 897. The third-order valence-electron chi connectivity index (χ3n) is 5.77. The standard InChI is InChI=1S/C22H22ClNO3/c23-18-11-6-4-8-15(18)14-24-19-12-7-5-9-16(19)22(27,21(24)26)17-10-2-1-3-13-20(17)25/h4-9,11-12,17,27H,1-3,10,13-14H2/t17-,22+/m0/s1. The zero-order chi connectivity index (χ0) is 19.0. The van der Waals surface area contributed by atoms with Gasteiger partial charge in [0.05, 0.1) is 18.2 Å². The fourth-order valence-corrected chi connectivity index (χ4v) is 4.55. The van der Waals surface area contributed by atoms with Gasteiger partial charge in [0.1, 0.15) is 5.78 Å². The van der Waals surface area contributed by atoms with Gasteiger partial charge >= 0.3 is 0 Å². The normalized spacial score (nSPS) is 25.4. The van der Waals surface area contributed by atoms with Crippen molar-refractivity contribution in [1.29, 1.82) is 0 Å². The molecule has 1 N–H and O–H groups in total. The maximum absolute atomic E-state index is 13.4. The lowest BCUT2D eigenvalue weighted by molar-refractivity contribution is -0.150. The van der Waals surface area contributed by atoms with Crippen molar-refractivity contribution >= 4 is 29.0 Å². The molecule has 1 heterocycles. The van der Waals surface area contributed by atoms with Crippen LogP contribution >= 0.6 is 11.6 Å². The number of benzene rings is 2. The van der Waals surface area contributed by atoms with Crippen LogP contribution < -0.4 is 4.90 Å². The Hall–Kier alpha value is -2.17. The second-order valence-electron chi connectivity index (χ2n) is 7.38. The fraction of sp³-hybridized carbons (Fsp3) is 0.364. The molecule has 2 atom stereocenters. The Morgan fingerprint density at radius 1 is 1.04 bits per heavy atom. The van der Waals surface area contributed by atoms with E-state index in [0.717, 1.165) is 24.8 Å². The first-order valence-electron chi connectivity index (χ1n) is 9.43. The number of aliphatic hydroxyl groups is 1. The predicted octanol–water partition coefficient (Wildman–Crippen LogP) is 4.22. The number of ketones is 1. The number of amides is 1. The van der Waals surface area contributed by atoms with Gasteiger partial charge in [-0.25, -0.2) is 0 Å². The van der Waals surface area contributed by atoms with Gasteiger partial charge in [0.15, 0.2) is 5.60 Å². The molecule has 1 aliphatic carbocycles. The number of carbonyl (C=O) groups is 2. The Balaban J connectivity index is 1.77. The van der Waals surface area contributed by atoms with Crippen LogP contribution in [0.5, 0.6) is 0 Å². The first-order valence-corrected chi connectivity index (χ1v) is 9.81. The molecule has 2 aromatic carbocycles. The largest absolute Gasteiger partial charge is 0.375 e. The van der Waals surface area contributed by atoms with E-state index in [0.29, 0.717) is 29.1 Å². The number of Topliss-reactive ketones (excluding diaryl/α,β-unsaturated/α-hetero) is 1. The molecule has 2 aromatic rings. The monoisotopic (exact) mass is 383 g/mol. The van der Waals surface area contributed by atoms with E-state index in [2.05, 4.69) is 0 Å². The molecule has 1 amide bonds. The molecule has 2 aliphatic rings. The second kappa shape index (κ2) is 7.10. The summed E-state index contributed by atoms with van der Waals surface area (Å²) >= 11 is 6.29. The highest BCUT2D eigenvalue weighted by atomic mass is 35.5. The minimum atomic E-state index is -1.79. The number of nitrogens with zero attached hydrogens (tertiary/aromatic N) is 1. The quantitative estimate of drug-likeness (QED) is 0.807. The van der Waals surface area contributed by atoms with E-state index in [4.69, 9.17) is 11.6 Å². The Morgan fingerprint density at radius 3 is 2.59 bits per heavy atom. The van der Waals surface area contributed by atoms with Gasteiger partial charge in [-0.2, -0.15) is 0 Å². The van der Waals surface area contributed by atoms with Crippen molar-refractivity contribution < 1.29 is 14.7 Å². The van der Waals surface area contributed by atoms with Crippen molar-refractivity contribution in [1.82, 2.24) is 0 Å². The molecule has 5 heteroatoms. The van der Waals surface area contributed by atoms with E-state index >= 15 is 0 Å². The molecule has 0 saturated heterocycles. The van der Waals surface area contributed by atoms with Crippen LogP contribution in [0.2, 0.25) is 5.02 Å². The highest BCUT2D eigenvalue weighted by molar-refractivity contribution is 6.31. The number of rotatable bonds is 3. The van der Waals surface area contributed by atoms with Crippen LogP contribution in [0.1, 0.15) is 43.2 Å². The Morgan fingerprint density at radius 2 is 1.78 bits per heavy atom. The molecule has 4 rings (SSSR count). The lowest BCUT2D eigenvalue weighted by Gasteiger charge is -2.30. The lowest BCUT2D eigenvalue weighted by Crippen LogP contribution is -2.48. The molecule has 1 fully saturated rings. The zero-order valence-corrected chi connectivity index (χ0v) is 15.8. The first kappa shape index (κ1) is 18.2. The summed E-state index contributed by atoms with van der Waals surface area (Å²) in [7, 11) is 0. The number of carbonyl (C=O) groups excluding carboxylic acids is 2. The molecule has 27 heavy (non-hydrogen) atoms. The Kier molecular flexibility index (Phi) is 4.79. The molecule has 0 radical (unpaired) electrons. The van der Waals surface area contributed by atoms with Crippen LogP contribution in [0.15, 0.2) is 48.5 Å². The summed E-state index contributed by atoms with van der Waals surface area (Å²) in [6, 6.07) is 14.6. The minimum Gasteiger partial charge on any atom is -0.375 e. The lowest BCUT2D eigenvalue weighted by atomic mass is 9.77. The minimum absolute atomic E-state index is 0.0160. The van der Waals surface area contributed by atoms with Crippen molar-refractivity contribution in [2.75, 3.05) is 4.90 Å². The summed E-state index contributed by atoms with van der Waals surface area (Å²) in [5.41, 5.74) is 0.197. The molecule has 0 unspecified atom stereocenters. The summed E-state index contributed by atoms with van der Waals surface area (Å²) in [5, 5.41) is 12.2. The number of fused-ring (bicyclic) bond motifs is 1. The van der Waals surface area contributed by atoms with Gasteiger partial charge < -0.3 is 10.0 Å². The number of hydrogen-bond donors (Lipinski definition) is 1. The van der Waals surface area contributed by atoms with Crippen LogP contribution in [0.3, 0.4) is 0 Å². The highest BCUT2D eigenvalue weighted by Gasteiger charge is 2.56. The van der Waals surface area contributed by atoms with Gasteiger partial charge in [-0.3, -0.25) is 9.59 Å². The average molecular weight is 384 g/mol. The maximum atomic E-state index is 13.4. The van der Waals surface area contributed by atoms with Crippen molar-refractivity contribution in [2.45, 2.75) is 44.2 Å². The van der Waals surface area contributed by atoms with Crippen molar-refractivity contribution in [3.8, 4) is 0 Å². The number of hydrogen-bond acceptors (Lipinski definition) is 3. The van der Waals surface area contributed by atoms with Crippen LogP contribution in [0, 0.1) is 5.92 Å². The van der Waals surface area contributed by atoms with Crippen LogP contribution in [0.4, 0.5) is 5.69 Å². The first-order chi connectivity index (χ1) is 13.0. The summed E-state index contributed by atoms with van der Waals surface area (Å²) in [6.07, 6.45) is 3.59. The smallest absolute Gasteiger partial charge is 0.264 e. The summed E-state index contributed by atoms with van der Waals surface area (Å²) < 4.78 is 0. The molecule has 1 saturated carbocycles. The van der Waals surface area contributed by atoms with E-state index in [1.165, 1.54) is 0 Å². The SMILES string of the molecule is O=C1CCCCC[C@@H]1[C@@]1(O)C(=O)N(Cc2ccccc2Cl)c2ccccc21. The van der Waals surface area contributed by atoms with Gasteiger partial charge in [0, 0.05) is 17.0 Å². The predicted molar refractivity (Wildman–Crippen MR) is 105 cm³/mol. The van der Waals surface area contributed by atoms with Gasteiger partial charge in [0.2, 0.25) is 0 Å². The Labute approximate surface area is 163 Å². The van der Waals surface area contributed by atoms with Crippen LogP contribution in [-0.4, -0.2) is 16.8 Å². The van der Waals surface area contributed by atoms with Crippen molar-refractivity contribution in [2.24, 2.45) is 5.92 Å². The molecule has 0 aromatic heterocycles. The molecule has 140 valence electrons. The van der Waals surface area contributed by atoms with Gasteiger partial charge in [0.25, 0.3) is 5.91 Å². The molecule has 1 aliphatic heterocycles. The van der Waals surface area contributed by atoms with Gasteiger partial charge in [-0.05, 0) is 30.5 Å². The van der Waals surface area contributed by atoms with E-state index in [1.54, 1.807) is 23.1 Å². The molecule has 0 bridgehead atoms. The van der Waals surface area contributed by atoms with Gasteiger partial charge in [-0.15, -0.1) is 0 Å². The van der Waals surface area contributed by atoms with Crippen molar-refractivity contribution in [3.05, 3.63) is 64.7 Å². The zero-order valence-electron chi connectivity index (χ0n) is 15.0. The number of para-hydroxylation sites is 1.